The van der Waals surface area contributed by atoms with Crippen LogP contribution in [0.4, 0.5) is 0 Å². The van der Waals surface area contributed by atoms with E-state index in [1.54, 1.807) is 0 Å². The standard InChI is InChI=1S/C13H27N3O/c1-3-8-15-13(17)11-16-10-5-4-6-12(16)7-9-14-2/h12,14H,3-11H2,1-2H3,(H,15,17). The number of likely N-dealkylation sites (tertiary alicyclic amines) is 1. The van der Waals surface area contributed by atoms with Crippen molar-refractivity contribution >= 4 is 5.91 Å². The first-order valence-corrected chi connectivity index (χ1v) is 6.93. The van der Waals surface area contributed by atoms with Crippen molar-refractivity contribution in [3.05, 3.63) is 0 Å². The van der Waals surface area contributed by atoms with E-state index in [1.165, 1.54) is 19.3 Å². The molecule has 4 nitrogen and oxygen atoms in total. The molecule has 0 saturated carbocycles. The Bertz CT molecular complexity index is 221. The number of nitrogens with one attached hydrogen (secondary N) is 2. The van der Waals surface area contributed by atoms with Gasteiger partial charge in [-0.05, 0) is 45.8 Å². The molecule has 0 bridgehead atoms. The number of piperidine rings is 1. The van der Waals surface area contributed by atoms with Crippen LogP contribution in [-0.4, -0.2) is 50.1 Å². The number of nitrogens with zero attached hydrogens (tertiary/aromatic N) is 1. The molecule has 4 heteroatoms. The van der Waals surface area contributed by atoms with Gasteiger partial charge in [0.2, 0.25) is 5.91 Å². The first-order valence-electron chi connectivity index (χ1n) is 6.93. The fraction of sp³-hybridized carbons (Fsp3) is 0.923. The summed E-state index contributed by atoms with van der Waals surface area (Å²) in [6, 6.07) is 0.587. The van der Waals surface area contributed by atoms with E-state index in [-0.39, 0.29) is 5.91 Å². The molecular weight excluding hydrogens is 214 g/mol. The van der Waals surface area contributed by atoms with Gasteiger partial charge in [0.25, 0.3) is 0 Å². The smallest absolute Gasteiger partial charge is 0.234 e. The second kappa shape index (κ2) is 8.48. The summed E-state index contributed by atoms with van der Waals surface area (Å²) in [4.78, 5) is 14.1. The largest absolute Gasteiger partial charge is 0.355 e. The molecule has 1 unspecified atom stereocenters. The Morgan fingerprint density at radius 2 is 2.18 bits per heavy atom. The molecule has 1 atom stereocenters. The fourth-order valence-corrected chi connectivity index (χ4v) is 2.41. The van der Waals surface area contributed by atoms with Crippen LogP contribution in [-0.2, 0) is 4.79 Å². The molecule has 17 heavy (non-hydrogen) atoms. The Labute approximate surface area is 105 Å². The molecule has 0 aliphatic carbocycles. The first kappa shape index (κ1) is 14.5. The van der Waals surface area contributed by atoms with E-state index in [2.05, 4.69) is 22.5 Å². The van der Waals surface area contributed by atoms with Crippen LogP contribution in [0.1, 0.15) is 39.0 Å². The van der Waals surface area contributed by atoms with Gasteiger partial charge in [0.05, 0.1) is 6.54 Å². The highest BCUT2D eigenvalue weighted by atomic mass is 16.2. The van der Waals surface area contributed by atoms with Crippen LogP contribution < -0.4 is 10.6 Å². The lowest BCUT2D eigenvalue weighted by Gasteiger charge is -2.35. The lowest BCUT2D eigenvalue weighted by atomic mass is 9.99. The Morgan fingerprint density at radius 1 is 1.35 bits per heavy atom. The van der Waals surface area contributed by atoms with Crippen molar-refractivity contribution in [2.75, 3.05) is 33.2 Å². The van der Waals surface area contributed by atoms with Gasteiger partial charge in [-0.25, -0.2) is 0 Å². The highest BCUT2D eigenvalue weighted by molar-refractivity contribution is 5.78. The predicted octanol–water partition coefficient (Wildman–Crippen LogP) is 0.977. The SMILES string of the molecule is CCCNC(=O)CN1CCCCC1CCNC. The Balaban J connectivity index is 2.33. The maximum atomic E-state index is 11.7. The molecular formula is C13H27N3O. The molecule has 0 aromatic carbocycles. The number of carbonyl (C=O) groups is 1. The Morgan fingerprint density at radius 3 is 2.88 bits per heavy atom. The molecule has 1 amide bonds. The van der Waals surface area contributed by atoms with E-state index in [9.17, 15) is 4.79 Å². The summed E-state index contributed by atoms with van der Waals surface area (Å²) in [5.41, 5.74) is 0. The molecule has 0 spiro atoms. The van der Waals surface area contributed by atoms with Crippen LogP contribution in [0, 0.1) is 0 Å². The monoisotopic (exact) mass is 241 g/mol. The molecule has 0 aromatic rings. The Kier molecular flexibility index (Phi) is 7.21. The van der Waals surface area contributed by atoms with Crippen molar-refractivity contribution in [3.63, 3.8) is 0 Å². The van der Waals surface area contributed by atoms with Crippen LogP contribution in [0.25, 0.3) is 0 Å². The van der Waals surface area contributed by atoms with Gasteiger partial charge in [-0.2, -0.15) is 0 Å². The zero-order chi connectivity index (χ0) is 12.5. The number of hydrogen-bond acceptors (Lipinski definition) is 3. The van der Waals surface area contributed by atoms with Crippen molar-refractivity contribution in [3.8, 4) is 0 Å². The van der Waals surface area contributed by atoms with Crippen molar-refractivity contribution in [1.29, 1.82) is 0 Å². The lowest BCUT2D eigenvalue weighted by Crippen LogP contribution is -2.46. The molecule has 0 aromatic heterocycles. The minimum atomic E-state index is 0.184. The zero-order valence-corrected chi connectivity index (χ0v) is 11.3. The van der Waals surface area contributed by atoms with Gasteiger partial charge in [0.15, 0.2) is 0 Å². The molecule has 1 heterocycles. The molecule has 1 aliphatic rings. The average Bonchev–Trinajstić information content (AvgIpc) is 2.35. The van der Waals surface area contributed by atoms with Crippen LogP contribution in [0.3, 0.4) is 0 Å². The van der Waals surface area contributed by atoms with E-state index in [4.69, 9.17) is 0 Å². The van der Waals surface area contributed by atoms with Gasteiger partial charge < -0.3 is 10.6 Å². The third-order valence-corrected chi connectivity index (χ3v) is 3.40. The van der Waals surface area contributed by atoms with Gasteiger partial charge in [0.1, 0.15) is 0 Å². The van der Waals surface area contributed by atoms with E-state index < -0.39 is 0 Å². The minimum absolute atomic E-state index is 0.184. The highest BCUT2D eigenvalue weighted by Crippen LogP contribution is 2.18. The zero-order valence-electron chi connectivity index (χ0n) is 11.3. The number of rotatable bonds is 7. The maximum absolute atomic E-state index is 11.7. The predicted molar refractivity (Wildman–Crippen MR) is 71.1 cm³/mol. The number of hydrogen-bond donors (Lipinski definition) is 2. The van der Waals surface area contributed by atoms with E-state index in [1.807, 2.05) is 7.05 Å². The average molecular weight is 241 g/mol. The summed E-state index contributed by atoms with van der Waals surface area (Å²) in [7, 11) is 1.99. The third-order valence-electron chi connectivity index (χ3n) is 3.40. The van der Waals surface area contributed by atoms with Gasteiger partial charge in [-0.1, -0.05) is 13.3 Å². The van der Waals surface area contributed by atoms with Gasteiger partial charge in [-0.3, -0.25) is 9.69 Å². The number of carbonyl (C=O) groups excluding carboxylic acids is 1. The van der Waals surface area contributed by atoms with Crippen molar-refractivity contribution < 1.29 is 4.79 Å². The van der Waals surface area contributed by atoms with Crippen molar-refractivity contribution in [2.24, 2.45) is 0 Å². The molecule has 0 radical (unpaired) electrons. The highest BCUT2D eigenvalue weighted by Gasteiger charge is 2.23. The first-order chi connectivity index (χ1) is 8.27. The second-order valence-corrected chi connectivity index (χ2v) is 4.86. The van der Waals surface area contributed by atoms with Crippen LogP contribution >= 0.6 is 0 Å². The molecule has 1 rings (SSSR count). The normalized spacial score (nSPS) is 21.4. The van der Waals surface area contributed by atoms with Crippen molar-refractivity contribution in [1.82, 2.24) is 15.5 Å². The van der Waals surface area contributed by atoms with Gasteiger partial charge in [-0.15, -0.1) is 0 Å². The Hall–Kier alpha value is -0.610. The van der Waals surface area contributed by atoms with Crippen LogP contribution in [0.2, 0.25) is 0 Å². The molecule has 100 valence electrons. The van der Waals surface area contributed by atoms with Gasteiger partial charge >= 0.3 is 0 Å². The molecule has 2 N–H and O–H groups in total. The molecule has 1 saturated heterocycles. The van der Waals surface area contributed by atoms with Crippen molar-refractivity contribution in [2.45, 2.75) is 45.1 Å². The topological polar surface area (TPSA) is 44.4 Å². The maximum Gasteiger partial charge on any atom is 0.234 e. The summed E-state index contributed by atoms with van der Waals surface area (Å²) in [6.45, 7) is 5.57. The van der Waals surface area contributed by atoms with Gasteiger partial charge in [0, 0.05) is 12.6 Å². The fourth-order valence-electron chi connectivity index (χ4n) is 2.41. The summed E-state index contributed by atoms with van der Waals surface area (Å²) in [6.07, 6.45) is 5.94. The van der Waals surface area contributed by atoms with E-state index in [0.717, 1.165) is 32.5 Å². The van der Waals surface area contributed by atoms with E-state index >= 15 is 0 Å². The number of amides is 1. The molecule has 1 fully saturated rings. The quantitative estimate of drug-likeness (QED) is 0.698. The third kappa shape index (κ3) is 5.50. The van der Waals surface area contributed by atoms with E-state index in [0.29, 0.717) is 12.6 Å². The molecule has 1 aliphatic heterocycles. The summed E-state index contributed by atoms with van der Waals surface area (Å²) < 4.78 is 0. The van der Waals surface area contributed by atoms with Crippen LogP contribution in [0.15, 0.2) is 0 Å². The second-order valence-electron chi connectivity index (χ2n) is 4.86. The van der Waals surface area contributed by atoms with Crippen LogP contribution in [0.5, 0.6) is 0 Å². The summed E-state index contributed by atoms with van der Waals surface area (Å²) in [5.74, 6) is 0.184. The lowest BCUT2D eigenvalue weighted by molar-refractivity contribution is -0.123. The minimum Gasteiger partial charge on any atom is -0.355 e. The summed E-state index contributed by atoms with van der Waals surface area (Å²) in [5, 5.41) is 6.16. The summed E-state index contributed by atoms with van der Waals surface area (Å²) >= 11 is 0.